The average molecular weight is 528 g/mol. The number of carbonyl (C=O) groups excluding carboxylic acids is 1. The quantitative estimate of drug-likeness (QED) is 0.311. The van der Waals surface area contributed by atoms with Crippen LogP contribution in [0.1, 0.15) is 32.3 Å². The number of benzene rings is 2. The van der Waals surface area contributed by atoms with Crippen LogP contribution in [0.3, 0.4) is 0 Å². The minimum atomic E-state index is -0.822. The van der Waals surface area contributed by atoms with E-state index in [1.165, 1.54) is 0 Å². The maximum Gasteiger partial charge on any atom is 0.516 e. The van der Waals surface area contributed by atoms with Crippen molar-refractivity contribution in [1.29, 1.82) is 0 Å². The van der Waals surface area contributed by atoms with Gasteiger partial charge in [0, 0.05) is 17.0 Å². The third-order valence-corrected chi connectivity index (χ3v) is 5.51. The molecule has 1 aromatic heterocycles. The Morgan fingerprint density at radius 1 is 1.17 bits per heavy atom. The van der Waals surface area contributed by atoms with Crippen LogP contribution < -0.4 is 14.2 Å². The maximum absolute atomic E-state index is 11.5. The molecule has 29 heavy (non-hydrogen) atoms. The van der Waals surface area contributed by atoms with Crippen LogP contribution in [0.4, 0.5) is 4.79 Å². The van der Waals surface area contributed by atoms with E-state index in [1.54, 1.807) is 26.2 Å². The first-order valence-electron chi connectivity index (χ1n) is 8.96. The van der Waals surface area contributed by atoms with Gasteiger partial charge in [0.25, 0.3) is 5.95 Å². The van der Waals surface area contributed by atoms with Crippen molar-refractivity contribution >= 4 is 49.0 Å². The van der Waals surface area contributed by atoms with Crippen LogP contribution in [0.25, 0.3) is 11.0 Å². The molecule has 0 fully saturated rings. The van der Waals surface area contributed by atoms with Gasteiger partial charge in [0.15, 0.2) is 5.75 Å². The van der Waals surface area contributed by atoms with E-state index in [1.807, 2.05) is 18.2 Å². The van der Waals surface area contributed by atoms with E-state index in [9.17, 15) is 4.79 Å². The monoisotopic (exact) mass is 526 g/mol. The summed E-state index contributed by atoms with van der Waals surface area (Å²) in [5, 5.41) is 0.695. The third kappa shape index (κ3) is 4.70. The standard InChI is InChI=1S/C21H20Br2O6/c1-5-26-21(24)29-18-9-14-17(28-18)10-15(22)20(19(14)23)27-12-6-7-16(25-4)13(8-12)11(2)3/h6-11H,5H2,1-4H3. The zero-order valence-electron chi connectivity index (χ0n) is 16.4. The molecule has 154 valence electrons. The van der Waals surface area contributed by atoms with E-state index < -0.39 is 6.16 Å². The number of fused-ring (bicyclic) bond motifs is 1. The zero-order chi connectivity index (χ0) is 21.1. The molecule has 0 bridgehead atoms. The number of ether oxygens (including phenoxy) is 4. The Labute approximate surface area is 185 Å². The average Bonchev–Trinajstić information content (AvgIpc) is 3.07. The van der Waals surface area contributed by atoms with Crippen molar-refractivity contribution < 1.29 is 28.2 Å². The van der Waals surface area contributed by atoms with Crippen LogP contribution in [0.2, 0.25) is 0 Å². The molecule has 0 aliphatic rings. The van der Waals surface area contributed by atoms with E-state index in [-0.39, 0.29) is 18.5 Å². The fraction of sp³-hybridized carbons (Fsp3) is 0.286. The molecule has 3 rings (SSSR count). The van der Waals surface area contributed by atoms with Gasteiger partial charge in [-0.05, 0) is 69.0 Å². The second-order valence-electron chi connectivity index (χ2n) is 6.42. The Morgan fingerprint density at radius 3 is 2.59 bits per heavy atom. The highest BCUT2D eigenvalue weighted by atomic mass is 79.9. The Morgan fingerprint density at radius 2 is 1.93 bits per heavy atom. The summed E-state index contributed by atoms with van der Waals surface area (Å²) in [7, 11) is 1.65. The summed E-state index contributed by atoms with van der Waals surface area (Å²) in [6.45, 7) is 6.10. The lowest BCUT2D eigenvalue weighted by Crippen LogP contribution is -2.09. The van der Waals surface area contributed by atoms with Crippen LogP contribution in [0, 0.1) is 0 Å². The molecular weight excluding hydrogens is 508 g/mol. The Bertz CT molecular complexity index is 1040. The minimum absolute atomic E-state index is 0.0368. The van der Waals surface area contributed by atoms with Crippen LogP contribution in [0.15, 0.2) is 43.7 Å². The van der Waals surface area contributed by atoms with Crippen molar-refractivity contribution in [3.8, 4) is 23.2 Å². The smallest absolute Gasteiger partial charge is 0.496 e. The molecule has 0 unspecified atom stereocenters. The number of halogens is 2. The van der Waals surface area contributed by atoms with Gasteiger partial charge in [-0.3, -0.25) is 0 Å². The molecule has 0 saturated heterocycles. The number of carbonyl (C=O) groups is 1. The molecule has 0 aliphatic heterocycles. The van der Waals surface area contributed by atoms with E-state index in [4.69, 9.17) is 23.4 Å². The van der Waals surface area contributed by atoms with Crippen molar-refractivity contribution in [1.82, 2.24) is 0 Å². The molecule has 0 N–H and O–H groups in total. The molecule has 0 spiro atoms. The van der Waals surface area contributed by atoms with Gasteiger partial charge in [-0.1, -0.05) is 13.8 Å². The van der Waals surface area contributed by atoms with E-state index in [0.29, 0.717) is 31.4 Å². The van der Waals surface area contributed by atoms with Gasteiger partial charge in [-0.25, -0.2) is 4.79 Å². The number of hydrogen-bond acceptors (Lipinski definition) is 6. The summed E-state index contributed by atoms with van der Waals surface area (Å²) in [5.41, 5.74) is 1.57. The molecule has 0 atom stereocenters. The lowest BCUT2D eigenvalue weighted by atomic mass is 10.0. The highest BCUT2D eigenvalue weighted by Crippen LogP contribution is 2.44. The largest absolute Gasteiger partial charge is 0.516 e. The van der Waals surface area contributed by atoms with Crippen LogP contribution in [0.5, 0.6) is 23.2 Å². The lowest BCUT2D eigenvalue weighted by molar-refractivity contribution is 0.0957. The first-order chi connectivity index (χ1) is 13.8. The zero-order valence-corrected chi connectivity index (χ0v) is 19.5. The SMILES string of the molecule is CCOC(=O)Oc1cc2c(Br)c(Oc3ccc(OC)c(C(C)C)c3)c(Br)cc2o1. The Kier molecular flexibility index (Phi) is 6.74. The topological polar surface area (TPSA) is 67.1 Å². The second-order valence-corrected chi connectivity index (χ2v) is 8.07. The number of furan rings is 1. The summed E-state index contributed by atoms with van der Waals surface area (Å²) >= 11 is 7.08. The van der Waals surface area contributed by atoms with Crippen LogP contribution >= 0.6 is 31.9 Å². The number of methoxy groups -OCH3 is 1. The van der Waals surface area contributed by atoms with Gasteiger partial charge in [0.2, 0.25) is 0 Å². The lowest BCUT2D eigenvalue weighted by Gasteiger charge is -2.15. The van der Waals surface area contributed by atoms with Crippen LogP contribution in [-0.4, -0.2) is 19.9 Å². The molecule has 0 saturated carbocycles. The summed E-state index contributed by atoms with van der Waals surface area (Å²) in [6, 6.07) is 9.04. The molecule has 0 aliphatic carbocycles. The van der Waals surface area contributed by atoms with E-state index >= 15 is 0 Å². The van der Waals surface area contributed by atoms with Gasteiger partial charge in [-0.2, -0.15) is 0 Å². The Hall–Kier alpha value is -2.19. The third-order valence-electron chi connectivity index (χ3n) is 4.14. The Balaban J connectivity index is 1.96. The molecule has 0 radical (unpaired) electrons. The fourth-order valence-corrected chi connectivity index (χ4v) is 4.14. The van der Waals surface area contributed by atoms with Crippen LogP contribution in [-0.2, 0) is 4.74 Å². The van der Waals surface area contributed by atoms with Crippen molar-refractivity contribution in [3.63, 3.8) is 0 Å². The van der Waals surface area contributed by atoms with E-state index in [0.717, 1.165) is 11.3 Å². The first kappa shape index (κ1) is 21.5. The number of hydrogen-bond donors (Lipinski definition) is 0. The fourth-order valence-electron chi connectivity index (χ4n) is 2.79. The van der Waals surface area contributed by atoms with Crippen molar-refractivity contribution in [2.45, 2.75) is 26.7 Å². The van der Waals surface area contributed by atoms with Crippen molar-refractivity contribution in [3.05, 3.63) is 44.8 Å². The predicted molar refractivity (Wildman–Crippen MR) is 116 cm³/mol. The maximum atomic E-state index is 11.5. The predicted octanol–water partition coefficient (Wildman–Crippen LogP) is 7.42. The van der Waals surface area contributed by atoms with Gasteiger partial charge >= 0.3 is 6.16 Å². The molecule has 8 heteroatoms. The summed E-state index contributed by atoms with van der Waals surface area (Å²) in [4.78, 5) is 11.5. The molecule has 6 nitrogen and oxygen atoms in total. The summed E-state index contributed by atoms with van der Waals surface area (Å²) in [6.07, 6.45) is -0.822. The molecule has 2 aromatic carbocycles. The summed E-state index contributed by atoms with van der Waals surface area (Å²) in [5.74, 6) is 2.37. The first-order valence-corrected chi connectivity index (χ1v) is 10.5. The van der Waals surface area contributed by atoms with Crippen molar-refractivity contribution in [2.75, 3.05) is 13.7 Å². The highest BCUT2D eigenvalue weighted by Gasteiger charge is 2.19. The van der Waals surface area contributed by atoms with Gasteiger partial charge in [0.1, 0.15) is 17.1 Å². The summed E-state index contributed by atoms with van der Waals surface area (Å²) < 4.78 is 28.3. The minimum Gasteiger partial charge on any atom is -0.496 e. The van der Waals surface area contributed by atoms with Gasteiger partial charge < -0.3 is 23.4 Å². The molecule has 1 heterocycles. The molecular formula is C21H20Br2O6. The molecule has 0 amide bonds. The van der Waals surface area contributed by atoms with Crippen molar-refractivity contribution in [2.24, 2.45) is 0 Å². The normalized spacial score (nSPS) is 11.0. The highest BCUT2D eigenvalue weighted by molar-refractivity contribution is 9.11. The number of rotatable bonds is 6. The van der Waals surface area contributed by atoms with E-state index in [2.05, 4.69) is 45.7 Å². The van der Waals surface area contributed by atoms with Gasteiger partial charge in [-0.15, -0.1) is 0 Å². The van der Waals surface area contributed by atoms with Gasteiger partial charge in [0.05, 0.1) is 22.7 Å². The second kappa shape index (κ2) is 9.09. The molecule has 3 aromatic rings.